The van der Waals surface area contributed by atoms with Gasteiger partial charge in [0.15, 0.2) is 0 Å². The second-order valence-corrected chi connectivity index (χ2v) is 6.57. The maximum atomic E-state index is 11.7. The van der Waals surface area contributed by atoms with E-state index >= 15 is 0 Å². The van der Waals surface area contributed by atoms with E-state index in [1.54, 1.807) is 0 Å². The third kappa shape index (κ3) is 2.07. The normalized spacial score (nSPS) is 42.6. The Morgan fingerprint density at radius 2 is 2.22 bits per heavy atom. The average Bonchev–Trinajstić information content (AvgIpc) is 3.04. The van der Waals surface area contributed by atoms with Crippen LogP contribution in [0, 0.1) is 17.3 Å². The van der Waals surface area contributed by atoms with Crippen molar-refractivity contribution in [2.45, 2.75) is 63.9 Å². The summed E-state index contributed by atoms with van der Waals surface area (Å²) >= 11 is 0. The molecule has 1 aliphatic heterocycles. The molecule has 4 unspecified atom stereocenters. The van der Waals surface area contributed by atoms with E-state index in [0.717, 1.165) is 38.7 Å². The zero-order chi connectivity index (χ0) is 12.6. The zero-order valence-corrected chi connectivity index (χ0v) is 11.1. The van der Waals surface area contributed by atoms with Crippen LogP contribution in [0.2, 0.25) is 0 Å². The highest BCUT2D eigenvalue weighted by Crippen LogP contribution is 2.58. The molecule has 2 aliphatic carbocycles. The molecule has 1 heterocycles. The van der Waals surface area contributed by atoms with Crippen LogP contribution in [0.5, 0.6) is 0 Å². The molecule has 0 aromatic rings. The summed E-state index contributed by atoms with van der Waals surface area (Å²) < 4.78 is 5.63. The summed E-state index contributed by atoms with van der Waals surface area (Å²) in [7, 11) is 0. The van der Waals surface area contributed by atoms with Gasteiger partial charge in [0.25, 0.3) is 0 Å². The van der Waals surface area contributed by atoms with Gasteiger partial charge >= 0.3 is 5.97 Å². The second kappa shape index (κ2) is 4.84. The molecule has 0 radical (unpaired) electrons. The fraction of sp³-hybridized carbons (Fsp3) is 0.933. The van der Waals surface area contributed by atoms with Crippen molar-refractivity contribution in [1.82, 2.24) is 0 Å². The first kappa shape index (κ1) is 12.5. The van der Waals surface area contributed by atoms with E-state index in [1.165, 1.54) is 25.7 Å². The van der Waals surface area contributed by atoms with Crippen molar-refractivity contribution < 1.29 is 14.6 Å². The fourth-order valence-electron chi connectivity index (χ4n) is 4.64. The maximum absolute atomic E-state index is 11.7. The van der Waals surface area contributed by atoms with Gasteiger partial charge in [-0.05, 0) is 63.2 Å². The lowest BCUT2D eigenvalue weighted by atomic mass is 9.70. The molecule has 0 amide bonds. The fourth-order valence-corrected chi connectivity index (χ4v) is 4.64. The van der Waals surface area contributed by atoms with Crippen LogP contribution in [-0.4, -0.2) is 23.8 Å². The molecule has 2 saturated carbocycles. The van der Waals surface area contributed by atoms with Gasteiger partial charge in [-0.15, -0.1) is 0 Å². The van der Waals surface area contributed by atoms with Gasteiger partial charge in [-0.3, -0.25) is 4.79 Å². The molecule has 0 spiro atoms. The first-order valence-corrected chi connectivity index (χ1v) is 7.56. The predicted molar refractivity (Wildman–Crippen MR) is 68.3 cm³/mol. The van der Waals surface area contributed by atoms with Crippen molar-refractivity contribution in [3.63, 3.8) is 0 Å². The molecule has 3 rings (SSSR count). The second-order valence-electron chi connectivity index (χ2n) is 6.57. The third-order valence-corrected chi connectivity index (χ3v) is 5.57. The Bertz CT molecular complexity index is 322. The number of hydrogen-bond donors (Lipinski definition) is 1. The van der Waals surface area contributed by atoms with Gasteiger partial charge in [-0.2, -0.15) is 0 Å². The van der Waals surface area contributed by atoms with E-state index < -0.39 is 5.97 Å². The molecule has 4 atom stereocenters. The Balaban J connectivity index is 1.56. The first-order chi connectivity index (χ1) is 8.71. The number of aliphatic carboxylic acids is 1. The Hall–Kier alpha value is -0.570. The van der Waals surface area contributed by atoms with Crippen molar-refractivity contribution in [3.05, 3.63) is 0 Å². The molecule has 1 saturated heterocycles. The summed E-state index contributed by atoms with van der Waals surface area (Å²) in [6.45, 7) is 0.902. The molecule has 18 heavy (non-hydrogen) atoms. The molecular weight excluding hydrogens is 228 g/mol. The van der Waals surface area contributed by atoms with E-state index in [2.05, 4.69) is 0 Å². The molecule has 1 N–H and O–H groups in total. The standard InChI is InChI=1S/C15H24O3/c16-14(17)15(10-11-5-6-12(15)9-11)7-1-3-13-4-2-8-18-13/h11-13H,1-10H2,(H,16,17). The van der Waals surface area contributed by atoms with Crippen molar-refractivity contribution in [1.29, 1.82) is 0 Å². The predicted octanol–water partition coefficient (Wildman–Crippen LogP) is 3.23. The summed E-state index contributed by atoms with van der Waals surface area (Å²) in [6, 6.07) is 0. The largest absolute Gasteiger partial charge is 0.481 e. The van der Waals surface area contributed by atoms with Gasteiger partial charge in [0.2, 0.25) is 0 Å². The summed E-state index contributed by atoms with van der Waals surface area (Å²) in [5.74, 6) is 0.639. The Labute approximate surface area is 109 Å². The van der Waals surface area contributed by atoms with Crippen molar-refractivity contribution in [2.75, 3.05) is 6.61 Å². The van der Waals surface area contributed by atoms with Crippen molar-refractivity contribution >= 4 is 5.97 Å². The smallest absolute Gasteiger partial charge is 0.309 e. The van der Waals surface area contributed by atoms with E-state index in [1.807, 2.05) is 0 Å². The SMILES string of the molecule is O=C(O)C1(CCCC2CCCO2)CC2CCC1C2. The minimum absolute atomic E-state index is 0.373. The van der Waals surface area contributed by atoms with Crippen LogP contribution in [0.15, 0.2) is 0 Å². The van der Waals surface area contributed by atoms with Gasteiger partial charge in [0.05, 0.1) is 11.5 Å². The monoisotopic (exact) mass is 252 g/mol. The lowest BCUT2D eigenvalue weighted by Crippen LogP contribution is -2.36. The summed E-state index contributed by atoms with van der Waals surface area (Å²) in [5.41, 5.74) is -0.373. The van der Waals surface area contributed by atoms with Crippen molar-refractivity contribution in [2.24, 2.45) is 17.3 Å². The van der Waals surface area contributed by atoms with E-state index in [0.29, 0.717) is 17.9 Å². The van der Waals surface area contributed by atoms with Gasteiger partial charge in [-0.1, -0.05) is 6.42 Å². The Morgan fingerprint density at radius 1 is 1.33 bits per heavy atom. The molecule has 0 aromatic carbocycles. The van der Waals surface area contributed by atoms with Gasteiger partial charge < -0.3 is 9.84 Å². The van der Waals surface area contributed by atoms with Crippen LogP contribution in [0.4, 0.5) is 0 Å². The Kier molecular flexibility index (Phi) is 3.35. The van der Waals surface area contributed by atoms with E-state index in [-0.39, 0.29) is 5.41 Å². The number of rotatable bonds is 5. The van der Waals surface area contributed by atoms with Gasteiger partial charge in [-0.25, -0.2) is 0 Å². The highest BCUT2D eigenvalue weighted by atomic mass is 16.5. The highest BCUT2D eigenvalue weighted by molar-refractivity contribution is 5.75. The topological polar surface area (TPSA) is 46.5 Å². The zero-order valence-electron chi connectivity index (χ0n) is 11.1. The number of carbonyl (C=O) groups is 1. The number of fused-ring (bicyclic) bond motifs is 2. The van der Waals surface area contributed by atoms with E-state index in [4.69, 9.17) is 4.74 Å². The summed E-state index contributed by atoms with van der Waals surface area (Å²) in [5, 5.41) is 9.65. The molecule has 3 fully saturated rings. The first-order valence-electron chi connectivity index (χ1n) is 7.56. The average molecular weight is 252 g/mol. The molecule has 102 valence electrons. The molecule has 3 aliphatic rings. The summed E-state index contributed by atoms with van der Waals surface area (Å²) in [6.07, 6.45) is 10.3. The summed E-state index contributed by atoms with van der Waals surface area (Å²) in [4.78, 5) is 11.7. The van der Waals surface area contributed by atoms with Crippen LogP contribution in [0.3, 0.4) is 0 Å². The lowest BCUT2D eigenvalue weighted by molar-refractivity contribution is -0.153. The minimum atomic E-state index is -0.526. The maximum Gasteiger partial charge on any atom is 0.309 e. The highest BCUT2D eigenvalue weighted by Gasteiger charge is 2.55. The lowest BCUT2D eigenvalue weighted by Gasteiger charge is -2.33. The molecule has 0 aromatic heterocycles. The molecule has 3 nitrogen and oxygen atoms in total. The molecular formula is C15H24O3. The number of carboxylic acids is 1. The van der Waals surface area contributed by atoms with Crippen LogP contribution < -0.4 is 0 Å². The number of ether oxygens (including phenoxy) is 1. The van der Waals surface area contributed by atoms with Crippen LogP contribution >= 0.6 is 0 Å². The van der Waals surface area contributed by atoms with Gasteiger partial charge in [0, 0.05) is 6.61 Å². The van der Waals surface area contributed by atoms with Crippen molar-refractivity contribution in [3.8, 4) is 0 Å². The number of hydrogen-bond acceptors (Lipinski definition) is 2. The molecule has 2 bridgehead atoms. The Morgan fingerprint density at radius 3 is 2.78 bits per heavy atom. The van der Waals surface area contributed by atoms with Gasteiger partial charge in [0.1, 0.15) is 0 Å². The van der Waals surface area contributed by atoms with Crippen LogP contribution in [0.1, 0.15) is 57.8 Å². The van der Waals surface area contributed by atoms with Crippen LogP contribution in [0.25, 0.3) is 0 Å². The van der Waals surface area contributed by atoms with Crippen LogP contribution in [-0.2, 0) is 9.53 Å². The van der Waals surface area contributed by atoms with E-state index in [9.17, 15) is 9.90 Å². The molecule has 3 heteroatoms. The quantitative estimate of drug-likeness (QED) is 0.817. The third-order valence-electron chi connectivity index (χ3n) is 5.57. The number of carboxylic acid groups (broad SMARTS) is 1. The minimum Gasteiger partial charge on any atom is -0.481 e.